The maximum absolute atomic E-state index is 13.6. The number of nitrogens with two attached hydrogens (primary N) is 1. The van der Waals surface area contributed by atoms with Gasteiger partial charge in [0.15, 0.2) is 0 Å². The van der Waals surface area contributed by atoms with E-state index in [9.17, 15) is 4.39 Å². The van der Waals surface area contributed by atoms with Crippen molar-refractivity contribution >= 4 is 38.9 Å². The lowest BCUT2D eigenvalue weighted by Gasteiger charge is -2.11. The van der Waals surface area contributed by atoms with Gasteiger partial charge in [-0.1, -0.05) is 17.7 Å². The average molecular weight is 321 g/mol. The Hall–Kier alpha value is -0.420. The quantitative estimate of drug-likeness (QED) is 0.874. The van der Waals surface area contributed by atoms with Crippen LogP contribution in [0.15, 0.2) is 33.4 Å². The smallest absolute Gasteiger partial charge is 0.129 e. The van der Waals surface area contributed by atoms with Crippen molar-refractivity contribution in [3.63, 3.8) is 0 Å². The molecule has 2 rings (SSSR count). The summed E-state index contributed by atoms with van der Waals surface area (Å²) in [6.45, 7) is 0. The summed E-state index contributed by atoms with van der Waals surface area (Å²) in [5.41, 5.74) is 7.32. The van der Waals surface area contributed by atoms with Gasteiger partial charge in [-0.15, -0.1) is 11.3 Å². The SMILES string of the molecule is NC(c1csc(Br)c1)c1ccc(Cl)cc1F. The predicted molar refractivity (Wildman–Crippen MR) is 69.5 cm³/mol. The van der Waals surface area contributed by atoms with Crippen LogP contribution in [0.3, 0.4) is 0 Å². The monoisotopic (exact) mass is 319 g/mol. The van der Waals surface area contributed by atoms with E-state index >= 15 is 0 Å². The lowest BCUT2D eigenvalue weighted by molar-refractivity contribution is 0.600. The molecule has 0 aliphatic rings. The van der Waals surface area contributed by atoms with Crippen molar-refractivity contribution in [2.24, 2.45) is 5.73 Å². The Labute approximate surface area is 110 Å². The van der Waals surface area contributed by atoms with Crippen molar-refractivity contribution in [2.45, 2.75) is 6.04 Å². The van der Waals surface area contributed by atoms with Crippen molar-refractivity contribution in [3.8, 4) is 0 Å². The minimum absolute atomic E-state index is 0.373. The molecule has 5 heteroatoms. The molecule has 1 aromatic heterocycles. The largest absolute Gasteiger partial charge is 0.320 e. The zero-order valence-electron chi connectivity index (χ0n) is 8.08. The third-order valence-electron chi connectivity index (χ3n) is 2.24. The minimum atomic E-state index is -0.459. The van der Waals surface area contributed by atoms with E-state index in [1.807, 2.05) is 11.4 Å². The van der Waals surface area contributed by atoms with Crippen LogP contribution in [0.1, 0.15) is 17.2 Å². The Bertz CT molecular complexity index is 514. The van der Waals surface area contributed by atoms with Crippen LogP contribution in [0.25, 0.3) is 0 Å². The molecule has 1 aromatic carbocycles. The summed E-state index contributed by atoms with van der Waals surface area (Å²) in [5.74, 6) is -0.373. The highest BCUT2D eigenvalue weighted by atomic mass is 79.9. The molecule has 0 fully saturated rings. The van der Waals surface area contributed by atoms with E-state index in [1.54, 1.807) is 12.1 Å². The number of hydrogen-bond acceptors (Lipinski definition) is 2. The first-order chi connectivity index (χ1) is 7.58. The van der Waals surface area contributed by atoms with Crippen molar-refractivity contribution < 1.29 is 4.39 Å². The van der Waals surface area contributed by atoms with Gasteiger partial charge in [-0.25, -0.2) is 4.39 Å². The average Bonchev–Trinajstić information content (AvgIpc) is 2.64. The lowest BCUT2D eigenvalue weighted by Crippen LogP contribution is -2.12. The summed E-state index contributed by atoms with van der Waals surface area (Å²) >= 11 is 10.6. The van der Waals surface area contributed by atoms with Crippen LogP contribution in [0, 0.1) is 5.82 Å². The van der Waals surface area contributed by atoms with Gasteiger partial charge >= 0.3 is 0 Å². The Morgan fingerprint density at radius 3 is 2.69 bits per heavy atom. The first kappa shape index (κ1) is 12.0. The van der Waals surface area contributed by atoms with E-state index in [2.05, 4.69) is 15.9 Å². The number of thiophene rings is 1. The molecule has 0 radical (unpaired) electrons. The molecule has 1 heterocycles. The highest BCUT2D eigenvalue weighted by Gasteiger charge is 2.14. The first-order valence-electron chi connectivity index (χ1n) is 4.52. The summed E-state index contributed by atoms with van der Waals surface area (Å²) in [7, 11) is 0. The normalized spacial score (nSPS) is 12.8. The van der Waals surface area contributed by atoms with Crippen LogP contribution in [0.5, 0.6) is 0 Å². The van der Waals surface area contributed by atoms with E-state index in [-0.39, 0.29) is 5.82 Å². The summed E-state index contributed by atoms with van der Waals surface area (Å²) in [5, 5.41) is 2.28. The van der Waals surface area contributed by atoms with Crippen molar-refractivity contribution in [2.75, 3.05) is 0 Å². The third-order valence-corrected chi connectivity index (χ3v) is 4.00. The second kappa shape index (κ2) is 4.84. The molecule has 0 amide bonds. The summed E-state index contributed by atoms with van der Waals surface area (Å²) in [6, 6.07) is 5.97. The fraction of sp³-hybridized carbons (Fsp3) is 0.0909. The van der Waals surface area contributed by atoms with Gasteiger partial charge in [0.05, 0.1) is 9.83 Å². The molecule has 84 valence electrons. The molecular weight excluding hydrogens is 313 g/mol. The van der Waals surface area contributed by atoms with Gasteiger partial charge in [0.25, 0.3) is 0 Å². The molecule has 2 N–H and O–H groups in total. The Morgan fingerprint density at radius 1 is 1.38 bits per heavy atom. The van der Waals surface area contributed by atoms with Crippen LogP contribution in [0.2, 0.25) is 5.02 Å². The fourth-order valence-corrected chi connectivity index (χ4v) is 2.79. The highest BCUT2D eigenvalue weighted by molar-refractivity contribution is 9.11. The van der Waals surface area contributed by atoms with Gasteiger partial charge in [-0.2, -0.15) is 0 Å². The number of halogens is 3. The molecular formula is C11H8BrClFNS. The van der Waals surface area contributed by atoms with Gasteiger partial charge in [-0.05, 0) is 45.1 Å². The zero-order chi connectivity index (χ0) is 11.7. The minimum Gasteiger partial charge on any atom is -0.320 e. The van der Waals surface area contributed by atoms with Crippen molar-refractivity contribution in [1.29, 1.82) is 0 Å². The summed E-state index contributed by atoms with van der Waals surface area (Å²) in [4.78, 5) is 0. The number of hydrogen-bond donors (Lipinski definition) is 1. The molecule has 16 heavy (non-hydrogen) atoms. The Morgan fingerprint density at radius 2 is 2.12 bits per heavy atom. The Kier molecular flexibility index (Phi) is 3.64. The molecule has 2 aromatic rings. The Balaban J connectivity index is 2.37. The van der Waals surface area contributed by atoms with Crippen LogP contribution in [-0.2, 0) is 0 Å². The topological polar surface area (TPSA) is 26.0 Å². The van der Waals surface area contributed by atoms with Gasteiger partial charge in [-0.3, -0.25) is 0 Å². The summed E-state index contributed by atoms with van der Waals surface area (Å²) in [6.07, 6.45) is 0. The first-order valence-corrected chi connectivity index (χ1v) is 6.57. The maximum atomic E-state index is 13.6. The standard InChI is InChI=1S/C11H8BrClFNS/c12-10-3-6(5-16-10)11(15)8-2-1-7(13)4-9(8)14/h1-5,11H,15H2. The molecule has 0 bridgehead atoms. The van der Waals surface area contributed by atoms with Gasteiger partial charge in [0, 0.05) is 10.6 Å². The second-order valence-electron chi connectivity index (χ2n) is 3.33. The molecule has 0 saturated heterocycles. The summed E-state index contributed by atoms with van der Waals surface area (Å²) < 4.78 is 14.6. The molecule has 0 saturated carbocycles. The lowest BCUT2D eigenvalue weighted by atomic mass is 10.0. The van der Waals surface area contributed by atoms with Crippen LogP contribution in [-0.4, -0.2) is 0 Å². The van der Waals surface area contributed by atoms with Crippen LogP contribution < -0.4 is 5.73 Å². The molecule has 0 aliphatic carbocycles. The number of rotatable bonds is 2. The molecule has 0 spiro atoms. The molecule has 1 atom stereocenters. The fourth-order valence-electron chi connectivity index (χ4n) is 1.42. The van der Waals surface area contributed by atoms with Crippen LogP contribution in [0.4, 0.5) is 4.39 Å². The zero-order valence-corrected chi connectivity index (χ0v) is 11.2. The molecule has 1 unspecified atom stereocenters. The second-order valence-corrected chi connectivity index (χ2v) is 6.05. The van der Waals surface area contributed by atoms with Gasteiger partial charge < -0.3 is 5.73 Å². The van der Waals surface area contributed by atoms with Crippen molar-refractivity contribution in [3.05, 3.63) is 55.4 Å². The molecule has 0 aliphatic heterocycles. The van der Waals surface area contributed by atoms with Gasteiger partial charge in [0.1, 0.15) is 5.82 Å². The highest BCUT2D eigenvalue weighted by Crippen LogP contribution is 2.29. The third kappa shape index (κ3) is 2.46. The van der Waals surface area contributed by atoms with Crippen LogP contribution >= 0.6 is 38.9 Å². The molecule has 1 nitrogen and oxygen atoms in total. The van der Waals surface area contributed by atoms with E-state index in [0.29, 0.717) is 10.6 Å². The maximum Gasteiger partial charge on any atom is 0.129 e. The number of benzene rings is 1. The van der Waals surface area contributed by atoms with E-state index in [4.69, 9.17) is 17.3 Å². The van der Waals surface area contributed by atoms with Crippen molar-refractivity contribution in [1.82, 2.24) is 0 Å². The van der Waals surface area contributed by atoms with E-state index in [0.717, 1.165) is 9.35 Å². The van der Waals surface area contributed by atoms with E-state index in [1.165, 1.54) is 17.4 Å². The van der Waals surface area contributed by atoms with Gasteiger partial charge in [0.2, 0.25) is 0 Å². The predicted octanol–water partition coefficient (Wildman–Crippen LogP) is 4.35. The van der Waals surface area contributed by atoms with E-state index < -0.39 is 6.04 Å².